The molecule has 6 nitrogen and oxygen atoms in total. The number of anilines is 1. The summed E-state index contributed by atoms with van der Waals surface area (Å²) in [6, 6.07) is 3.31. The molecule has 1 rings (SSSR count). The van der Waals surface area contributed by atoms with Gasteiger partial charge in [0.15, 0.2) is 5.69 Å². The Bertz CT molecular complexity index is 358. The van der Waals surface area contributed by atoms with Gasteiger partial charge in [0.2, 0.25) is 0 Å². The number of rotatable bonds is 7. The Morgan fingerprint density at radius 3 is 3.06 bits per heavy atom. The van der Waals surface area contributed by atoms with Crippen molar-refractivity contribution in [2.45, 2.75) is 6.42 Å². The number of aromatic nitrogens is 1. The molecule has 0 aliphatic heterocycles. The van der Waals surface area contributed by atoms with Crippen molar-refractivity contribution in [2.75, 3.05) is 32.1 Å². The second-order valence-electron chi connectivity index (χ2n) is 3.39. The van der Waals surface area contributed by atoms with E-state index < -0.39 is 0 Å². The number of nitrogen functional groups attached to an aromatic ring is 1. The van der Waals surface area contributed by atoms with E-state index in [0.717, 1.165) is 0 Å². The van der Waals surface area contributed by atoms with E-state index >= 15 is 0 Å². The van der Waals surface area contributed by atoms with Crippen molar-refractivity contribution in [3.05, 3.63) is 24.0 Å². The lowest BCUT2D eigenvalue weighted by atomic mass is 10.3. The van der Waals surface area contributed by atoms with Crippen LogP contribution in [-0.2, 0) is 4.74 Å². The second-order valence-corrected chi connectivity index (χ2v) is 3.39. The van der Waals surface area contributed by atoms with Crippen LogP contribution in [0.2, 0.25) is 0 Å². The van der Waals surface area contributed by atoms with Crippen molar-refractivity contribution in [2.24, 2.45) is 0 Å². The van der Waals surface area contributed by atoms with E-state index in [9.17, 15) is 4.79 Å². The van der Waals surface area contributed by atoms with Crippen molar-refractivity contribution in [3.63, 3.8) is 0 Å². The van der Waals surface area contributed by atoms with E-state index in [0.29, 0.717) is 31.9 Å². The van der Waals surface area contributed by atoms with Crippen LogP contribution in [-0.4, -0.2) is 42.4 Å². The summed E-state index contributed by atoms with van der Waals surface area (Å²) in [4.78, 5) is 15.5. The fraction of sp³-hybridized carbons (Fsp3) is 0.455. The van der Waals surface area contributed by atoms with E-state index in [1.54, 1.807) is 12.1 Å². The summed E-state index contributed by atoms with van der Waals surface area (Å²) in [6.07, 6.45) is 2.20. The number of nitrogens with two attached hydrogens (primary N) is 1. The predicted octanol–water partition coefficient (Wildman–Crippen LogP) is -0.207. The van der Waals surface area contributed by atoms with Crippen LogP contribution in [0.1, 0.15) is 16.9 Å². The molecule has 0 radical (unpaired) electrons. The van der Waals surface area contributed by atoms with Gasteiger partial charge in [0.25, 0.3) is 5.91 Å². The number of aliphatic hydroxyl groups is 1. The maximum Gasteiger partial charge on any atom is 0.272 e. The fourth-order valence-electron chi connectivity index (χ4n) is 1.23. The molecule has 17 heavy (non-hydrogen) atoms. The Morgan fingerprint density at radius 1 is 1.53 bits per heavy atom. The smallest absolute Gasteiger partial charge is 0.272 e. The third kappa shape index (κ3) is 4.80. The second kappa shape index (κ2) is 7.59. The Kier molecular flexibility index (Phi) is 5.98. The number of nitrogens with zero attached hydrogens (tertiary/aromatic N) is 1. The largest absolute Gasteiger partial charge is 0.397 e. The monoisotopic (exact) mass is 239 g/mol. The molecule has 0 saturated carbocycles. The summed E-state index contributed by atoms with van der Waals surface area (Å²) in [7, 11) is 0. The van der Waals surface area contributed by atoms with Gasteiger partial charge in [-0.2, -0.15) is 0 Å². The minimum atomic E-state index is -0.287. The van der Waals surface area contributed by atoms with Crippen LogP contribution in [0.25, 0.3) is 0 Å². The number of carbonyl (C=O) groups is 1. The lowest BCUT2D eigenvalue weighted by Crippen LogP contribution is -2.27. The van der Waals surface area contributed by atoms with E-state index in [-0.39, 0.29) is 18.2 Å². The quantitative estimate of drug-likeness (QED) is 0.572. The molecule has 0 fully saturated rings. The van der Waals surface area contributed by atoms with Crippen LogP contribution in [0.4, 0.5) is 5.69 Å². The fourth-order valence-corrected chi connectivity index (χ4v) is 1.23. The zero-order chi connectivity index (χ0) is 12.5. The third-order valence-corrected chi connectivity index (χ3v) is 2.04. The normalized spacial score (nSPS) is 10.2. The molecule has 1 heterocycles. The van der Waals surface area contributed by atoms with Crippen LogP contribution in [0.15, 0.2) is 18.3 Å². The van der Waals surface area contributed by atoms with Crippen LogP contribution < -0.4 is 11.1 Å². The molecular weight excluding hydrogens is 222 g/mol. The van der Waals surface area contributed by atoms with Gasteiger partial charge in [-0.3, -0.25) is 4.79 Å². The maximum atomic E-state index is 11.6. The average Bonchev–Trinajstić information content (AvgIpc) is 2.34. The van der Waals surface area contributed by atoms with Gasteiger partial charge in [-0.05, 0) is 18.6 Å². The molecule has 0 bridgehead atoms. The van der Waals surface area contributed by atoms with Crippen molar-refractivity contribution in [1.29, 1.82) is 0 Å². The van der Waals surface area contributed by atoms with Crippen molar-refractivity contribution >= 4 is 11.6 Å². The molecule has 0 aliphatic carbocycles. The molecule has 0 unspecified atom stereocenters. The Morgan fingerprint density at radius 2 is 2.35 bits per heavy atom. The predicted molar refractivity (Wildman–Crippen MR) is 63.5 cm³/mol. The zero-order valence-corrected chi connectivity index (χ0v) is 9.56. The summed E-state index contributed by atoms with van der Waals surface area (Å²) in [5, 5.41) is 11.2. The van der Waals surface area contributed by atoms with Gasteiger partial charge in [0, 0.05) is 19.3 Å². The molecule has 0 spiro atoms. The molecule has 1 amide bonds. The molecule has 1 aromatic heterocycles. The van der Waals surface area contributed by atoms with Gasteiger partial charge in [0.05, 0.1) is 18.9 Å². The number of carbonyl (C=O) groups excluding carboxylic acids is 1. The number of ether oxygens (including phenoxy) is 1. The first-order valence-corrected chi connectivity index (χ1v) is 5.43. The minimum absolute atomic E-state index is 0.0107. The first kappa shape index (κ1) is 13.4. The number of hydrogen-bond donors (Lipinski definition) is 3. The molecular formula is C11H17N3O3. The molecule has 0 atom stereocenters. The molecule has 94 valence electrons. The number of nitrogens with one attached hydrogen (secondary N) is 1. The number of pyridine rings is 1. The SMILES string of the molecule is Nc1cccnc1C(=O)NCCCOCCO. The summed E-state index contributed by atoms with van der Waals surface area (Å²) >= 11 is 0. The minimum Gasteiger partial charge on any atom is -0.397 e. The van der Waals surface area contributed by atoms with Gasteiger partial charge >= 0.3 is 0 Å². The third-order valence-electron chi connectivity index (χ3n) is 2.04. The first-order chi connectivity index (χ1) is 8.25. The highest BCUT2D eigenvalue weighted by atomic mass is 16.5. The summed E-state index contributed by atoms with van der Waals surface area (Å²) < 4.78 is 5.05. The van der Waals surface area contributed by atoms with Gasteiger partial charge < -0.3 is 20.9 Å². The molecule has 0 saturated heterocycles. The highest BCUT2D eigenvalue weighted by Crippen LogP contribution is 2.05. The standard InChI is InChI=1S/C11H17N3O3/c12-9-3-1-4-13-10(9)11(16)14-5-2-7-17-8-6-15/h1,3-4,15H,2,5-8,12H2,(H,14,16). The van der Waals surface area contributed by atoms with Gasteiger partial charge in [-0.25, -0.2) is 4.98 Å². The van der Waals surface area contributed by atoms with Gasteiger partial charge in [-0.15, -0.1) is 0 Å². The van der Waals surface area contributed by atoms with E-state index in [1.165, 1.54) is 6.20 Å². The maximum absolute atomic E-state index is 11.6. The number of amides is 1. The highest BCUT2D eigenvalue weighted by Gasteiger charge is 2.09. The van der Waals surface area contributed by atoms with E-state index in [2.05, 4.69) is 10.3 Å². The van der Waals surface area contributed by atoms with Crippen LogP contribution >= 0.6 is 0 Å². The Balaban J connectivity index is 2.24. The van der Waals surface area contributed by atoms with Crippen LogP contribution in [0, 0.1) is 0 Å². The Hall–Kier alpha value is -1.66. The van der Waals surface area contributed by atoms with Gasteiger partial charge in [0.1, 0.15) is 0 Å². The Labute approximate surface area is 99.8 Å². The van der Waals surface area contributed by atoms with E-state index in [4.69, 9.17) is 15.6 Å². The van der Waals surface area contributed by atoms with E-state index in [1.807, 2.05) is 0 Å². The van der Waals surface area contributed by atoms with Crippen molar-refractivity contribution in [1.82, 2.24) is 10.3 Å². The number of hydrogen-bond acceptors (Lipinski definition) is 5. The van der Waals surface area contributed by atoms with Crippen LogP contribution in [0.3, 0.4) is 0 Å². The van der Waals surface area contributed by atoms with Crippen molar-refractivity contribution < 1.29 is 14.6 Å². The molecule has 0 aromatic carbocycles. The first-order valence-electron chi connectivity index (χ1n) is 5.43. The van der Waals surface area contributed by atoms with Gasteiger partial charge in [-0.1, -0.05) is 0 Å². The van der Waals surface area contributed by atoms with Crippen LogP contribution in [0.5, 0.6) is 0 Å². The lowest BCUT2D eigenvalue weighted by molar-refractivity contribution is 0.0866. The molecule has 4 N–H and O–H groups in total. The average molecular weight is 239 g/mol. The molecule has 1 aromatic rings. The summed E-state index contributed by atoms with van der Waals surface area (Å²) in [5.41, 5.74) is 6.22. The summed E-state index contributed by atoms with van der Waals surface area (Å²) in [5.74, 6) is -0.287. The molecule has 0 aliphatic rings. The van der Waals surface area contributed by atoms with Crippen molar-refractivity contribution in [3.8, 4) is 0 Å². The lowest BCUT2D eigenvalue weighted by Gasteiger charge is -2.06. The highest BCUT2D eigenvalue weighted by molar-refractivity contribution is 5.96. The summed E-state index contributed by atoms with van der Waals surface area (Å²) in [6.45, 7) is 1.32. The topological polar surface area (TPSA) is 97.5 Å². The zero-order valence-electron chi connectivity index (χ0n) is 9.56. The molecule has 6 heteroatoms. The number of aliphatic hydroxyl groups excluding tert-OH is 1.